The normalized spacial score (nSPS) is 15.2. The van der Waals surface area contributed by atoms with E-state index < -0.39 is 0 Å². The first-order valence-electron chi connectivity index (χ1n) is 7.61. The zero-order chi connectivity index (χ0) is 13.8. The lowest BCUT2D eigenvalue weighted by Gasteiger charge is -2.26. The molecule has 0 amide bonds. The molecular weight excluding hydrogens is 248 g/mol. The van der Waals surface area contributed by atoms with Crippen molar-refractivity contribution >= 4 is 16.7 Å². The zero-order valence-corrected chi connectivity index (χ0v) is 12.1. The van der Waals surface area contributed by atoms with Crippen LogP contribution in [0.3, 0.4) is 0 Å². The molecule has 2 aromatic rings. The number of anilines is 1. The molecule has 20 heavy (non-hydrogen) atoms. The van der Waals surface area contributed by atoms with Crippen molar-refractivity contribution in [2.24, 2.45) is 0 Å². The van der Waals surface area contributed by atoms with Crippen LogP contribution in [0.25, 0.3) is 10.9 Å². The number of para-hydroxylation sites is 1. The van der Waals surface area contributed by atoms with Crippen molar-refractivity contribution in [3.05, 3.63) is 35.9 Å². The van der Waals surface area contributed by atoms with Gasteiger partial charge >= 0.3 is 0 Å². The number of rotatable bonds is 6. The molecule has 1 saturated carbocycles. The van der Waals surface area contributed by atoms with E-state index in [1.54, 1.807) is 0 Å². The third-order valence-corrected chi connectivity index (χ3v) is 3.87. The van der Waals surface area contributed by atoms with Gasteiger partial charge in [-0.3, -0.25) is 0 Å². The molecule has 1 N–H and O–H groups in total. The van der Waals surface area contributed by atoms with E-state index in [4.69, 9.17) is 9.72 Å². The first-order chi connectivity index (χ1) is 9.86. The zero-order valence-electron chi connectivity index (χ0n) is 12.1. The molecule has 0 spiro atoms. The summed E-state index contributed by atoms with van der Waals surface area (Å²) in [6, 6.07) is 10.5. The highest BCUT2D eigenvalue weighted by Gasteiger charge is 2.18. The lowest BCUT2D eigenvalue weighted by molar-refractivity contribution is -0.00847. The number of benzene rings is 1. The number of ether oxygens (including phenoxy) is 1. The topological polar surface area (TPSA) is 34.2 Å². The summed E-state index contributed by atoms with van der Waals surface area (Å²) in [5.74, 6) is 0.977. The summed E-state index contributed by atoms with van der Waals surface area (Å²) in [6.45, 7) is 3.77. The highest BCUT2D eigenvalue weighted by molar-refractivity contribution is 5.81. The van der Waals surface area contributed by atoms with Crippen LogP contribution in [0.15, 0.2) is 30.3 Å². The Hall–Kier alpha value is -1.61. The summed E-state index contributed by atoms with van der Waals surface area (Å²) < 4.78 is 5.95. The lowest BCUT2D eigenvalue weighted by atomic mass is 9.96. The van der Waals surface area contributed by atoms with Gasteiger partial charge in [-0.15, -0.1) is 0 Å². The van der Waals surface area contributed by atoms with E-state index in [1.165, 1.54) is 30.2 Å². The second kappa shape index (κ2) is 6.23. The minimum Gasteiger partial charge on any atom is -0.373 e. The molecule has 0 saturated heterocycles. The van der Waals surface area contributed by atoms with Crippen molar-refractivity contribution < 1.29 is 4.74 Å². The first-order valence-corrected chi connectivity index (χ1v) is 7.61. The van der Waals surface area contributed by atoms with E-state index >= 15 is 0 Å². The molecule has 1 fully saturated rings. The molecule has 1 aliphatic carbocycles. The van der Waals surface area contributed by atoms with Gasteiger partial charge in [-0.1, -0.05) is 25.1 Å². The van der Waals surface area contributed by atoms with Crippen LogP contribution in [0.4, 0.5) is 5.82 Å². The van der Waals surface area contributed by atoms with Crippen molar-refractivity contribution in [2.45, 2.75) is 45.3 Å². The Labute approximate surface area is 120 Å². The Morgan fingerprint density at radius 2 is 2.15 bits per heavy atom. The lowest BCUT2D eigenvalue weighted by Crippen LogP contribution is -2.21. The molecule has 0 bridgehead atoms. The molecule has 106 valence electrons. The van der Waals surface area contributed by atoms with Crippen LogP contribution < -0.4 is 5.32 Å². The van der Waals surface area contributed by atoms with Crippen molar-refractivity contribution in [3.8, 4) is 0 Å². The van der Waals surface area contributed by atoms with E-state index in [-0.39, 0.29) is 0 Å². The van der Waals surface area contributed by atoms with E-state index in [0.717, 1.165) is 24.3 Å². The Morgan fingerprint density at radius 1 is 1.30 bits per heavy atom. The van der Waals surface area contributed by atoms with Gasteiger partial charge in [0, 0.05) is 17.5 Å². The Bertz CT molecular complexity index is 578. The van der Waals surface area contributed by atoms with Crippen molar-refractivity contribution in [2.75, 3.05) is 11.9 Å². The number of aromatic nitrogens is 1. The fourth-order valence-corrected chi connectivity index (χ4v) is 2.41. The molecule has 1 aliphatic rings. The summed E-state index contributed by atoms with van der Waals surface area (Å²) in [5, 5.41) is 4.61. The van der Waals surface area contributed by atoms with Gasteiger partial charge < -0.3 is 10.1 Å². The molecule has 1 heterocycles. The number of nitrogens with one attached hydrogen (secondary N) is 1. The van der Waals surface area contributed by atoms with Crippen LogP contribution in [0.5, 0.6) is 0 Å². The first kappa shape index (κ1) is 13.4. The van der Waals surface area contributed by atoms with Crippen molar-refractivity contribution in [3.63, 3.8) is 0 Å². The fourth-order valence-electron chi connectivity index (χ4n) is 2.41. The van der Waals surface area contributed by atoms with Crippen LogP contribution in [-0.2, 0) is 11.3 Å². The maximum atomic E-state index is 5.95. The Kier molecular flexibility index (Phi) is 4.16. The molecule has 3 heteroatoms. The highest BCUT2D eigenvalue weighted by atomic mass is 16.5. The van der Waals surface area contributed by atoms with Gasteiger partial charge in [0.15, 0.2) is 0 Å². The summed E-state index contributed by atoms with van der Waals surface area (Å²) >= 11 is 0. The summed E-state index contributed by atoms with van der Waals surface area (Å²) in [6.07, 6.45) is 5.27. The van der Waals surface area contributed by atoms with Crippen LogP contribution in [0, 0.1) is 0 Å². The third-order valence-electron chi connectivity index (χ3n) is 3.87. The molecule has 1 aromatic heterocycles. The SMILES string of the molecule is CCCNc1nc2ccccc2cc1COC1CCC1. The van der Waals surface area contributed by atoms with Gasteiger partial charge in [0.2, 0.25) is 0 Å². The number of hydrogen-bond donors (Lipinski definition) is 1. The molecule has 3 nitrogen and oxygen atoms in total. The maximum Gasteiger partial charge on any atom is 0.132 e. The molecule has 0 aliphatic heterocycles. The van der Waals surface area contributed by atoms with Gasteiger partial charge in [0.05, 0.1) is 18.2 Å². The van der Waals surface area contributed by atoms with Crippen LogP contribution in [-0.4, -0.2) is 17.6 Å². The third kappa shape index (κ3) is 2.93. The average Bonchev–Trinajstić information content (AvgIpc) is 2.43. The molecule has 1 aromatic carbocycles. The van der Waals surface area contributed by atoms with Gasteiger partial charge in [0.1, 0.15) is 5.82 Å². The van der Waals surface area contributed by atoms with Crippen molar-refractivity contribution in [1.82, 2.24) is 4.98 Å². The second-order valence-corrected chi connectivity index (χ2v) is 5.48. The number of hydrogen-bond acceptors (Lipinski definition) is 3. The predicted octanol–water partition coefficient (Wildman–Crippen LogP) is 4.13. The summed E-state index contributed by atoms with van der Waals surface area (Å²) in [7, 11) is 0. The van der Waals surface area contributed by atoms with E-state index in [9.17, 15) is 0 Å². The minimum atomic E-state index is 0.459. The minimum absolute atomic E-state index is 0.459. The molecule has 3 rings (SSSR count). The highest BCUT2D eigenvalue weighted by Crippen LogP contribution is 2.26. The maximum absolute atomic E-state index is 5.95. The Balaban J connectivity index is 1.84. The van der Waals surface area contributed by atoms with Crippen molar-refractivity contribution in [1.29, 1.82) is 0 Å². The largest absolute Gasteiger partial charge is 0.373 e. The quantitative estimate of drug-likeness (QED) is 0.857. The molecule has 0 radical (unpaired) electrons. The number of nitrogens with zero attached hydrogens (tertiary/aromatic N) is 1. The number of pyridine rings is 1. The second-order valence-electron chi connectivity index (χ2n) is 5.48. The van der Waals surface area contributed by atoms with Crippen LogP contribution >= 0.6 is 0 Å². The van der Waals surface area contributed by atoms with Crippen LogP contribution in [0.1, 0.15) is 38.2 Å². The van der Waals surface area contributed by atoms with Gasteiger partial charge in [-0.05, 0) is 37.8 Å². The molecular formula is C17H22N2O. The van der Waals surface area contributed by atoms with Gasteiger partial charge in [-0.25, -0.2) is 4.98 Å². The monoisotopic (exact) mass is 270 g/mol. The summed E-state index contributed by atoms with van der Waals surface area (Å²) in [4.78, 5) is 4.74. The standard InChI is InChI=1S/C17H22N2O/c1-2-10-18-17-14(12-20-15-7-5-8-15)11-13-6-3-4-9-16(13)19-17/h3-4,6,9,11,15H,2,5,7-8,10,12H2,1H3,(H,18,19). The summed E-state index contributed by atoms with van der Waals surface area (Å²) in [5.41, 5.74) is 2.21. The molecule has 0 atom stereocenters. The fraction of sp³-hybridized carbons (Fsp3) is 0.471. The molecule has 0 unspecified atom stereocenters. The van der Waals surface area contributed by atoms with E-state index in [1.807, 2.05) is 6.07 Å². The predicted molar refractivity (Wildman–Crippen MR) is 83.0 cm³/mol. The van der Waals surface area contributed by atoms with E-state index in [2.05, 4.69) is 36.5 Å². The van der Waals surface area contributed by atoms with Gasteiger partial charge in [-0.2, -0.15) is 0 Å². The number of fused-ring (bicyclic) bond motifs is 1. The van der Waals surface area contributed by atoms with E-state index in [0.29, 0.717) is 12.7 Å². The van der Waals surface area contributed by atoms with Gasteiger partial charge in [0.25, 0.3) is 0 Å². The smallest absolute Gasteiger partial charge is 0.132 e. The average molecular weight is 270 g/mol. The Morgan fingerprint density at radius 3 is 2.90 bits per heavy atom. The van der Waals surface area contributed by atoms with Crippen LogP contribution in [0.2, 0.25) is 0 Å².